The molecule has 0 atom stereocenters. The highest BCUT2D eigenvalue weighted by Crippen LogP contribution is 2.37. The molecule has 1 aliphatic carbocycles. The number of nitrogens with zero attached hydrogens (tertiary/aromatic N) is 3. The highest BCUT2D eigenvalue weighted by Gasteiger charge is 2.26. The maximum atomic E-state index is 6.25. The molecule has 100 valence electrons. The van der Waals surface area contributed by atoms with Gasteiger partial charge in [0.15, 0.2) is 0 Å². The molecule has 0 unspecified atom stereocenters. The molecule has 5 heteroatoms. The van der Waals surface area contributed by atoms with Crippen LogP contribution in [0.2, 0.25) is 5.02 Å². The van der Waals surface area contributed by atoms with Crippen LogP contribution in [0.1, 0.15) is 18.9 Å². The van der Waals surface area contributed by atoms with Crippen LogP contribution in [0.3, 0.4) is 0 Å². The standard InChI is InChI=1S/C14H16ClN3O/c15-11-7-10-9-18(12-1-2-12)16-14(10)13(8-11)17-3-5-19-6-4-17/h7-9,12H,1-6H2. The van der Waals surface area contributed by atoms with Crippen molar-refractivity contribution >= 4 is 28.2 Å². The summed E-state index contributed by atoms with van der Waals surface area (Å²) in [7, 11) is 0. The minimum absolute atomic E-state index is 0.601. The predicted octanol–water partition coefficient (Wildman–Crippen LogP) is 2.86. The van der Waals surface area contributed by atoms with Gasteiger partial charge in [-0.15, -0.1) is 0 Å². The zero-order valence-corrected chi connectivity index (χ0v) is 11.4. The summed E-state index contributed by atoms with van der Waals surface area (Å²) in [6.45, 7) is 3.37. The zero-order valence-electron chi connectivity index (χ0n) is 10.7. The molecule has 0 radical (unpaired) electrons. The van der Waals surface area contributed by atoms with Crippen LogP contribution in [0, 0.1) is 0 Å². The molecule has 2 aromatic rings. The van der Waals surface area contributed by atoms with Crippen molar-refractivity contribution in [1.82, 2.24) is 9.78 Å². The molecule has 4 rings (SSSR count). The van der Waals surface area contributed by atoms with Crippen LogP contribution < -0.4 is 4.90 Å². The molecule has 1 aliphatic heterocycles. The van der Waals surface area contributed by atoms with E-state index < -0.39 is 0 Å². The minimum atomic E-state index is 0.601. The number of aromatic nitrogens is 2. The maximum absolute atomic E-state index is 6.25. The van der Waals surface area contributed by atoms with Gasteiger partial charge >= 0.3 is 0 Å². The highest BCUT2D eigenvalue weighted by atomic mass is 35.5. The summed E-state index contributed by atoms with van der Waals surface area (Å²) in [5.74, 6) is 0. The van der Waals surface area contributed by atoms with Crippen molar-refractivity contribution in [3.63, 3.8) is 0 Å². The van der Waals surface area contributed by atoms with Gasteiger partial charge in [0.2, 0.25) is 0 Å². The number of fused-ring (bicyclic) bond motifs is 1. The van der Waals surface area contributed by atoms with Crippen molar-refractivity contribution in [2.75, 3.05) is 31.2 Å². The first-order chi connectivity index (χ1) is 9.31. The highest BCUT2D eigenvalue weighted by molar-refractivity contribution is 6.31. The normalized spacial score (nSPS) is 20.2. The van der Waals surface area contributed by atoms with Crippen molar-refractivity contribution in [2.24, 2.45) is 0 Å². The van der Waals surface area contributed by atoms with Crippen LogP contribution >= 0.6 is 11.6 Å². The van der Waals surface area contributed by atoms with Crippen molar-refractivity contribution < 1.29 is 4.74 Å². The number of hydrogen-bond acceptors (Lipinski definition) is 3. The zero-order chi connectivity index (χ0) is 12.8. The smallest absolute Gasteiger partial charge is 0.116 e. The molecule has 0 spiro atoms. The molecule has 1 saturated heterocycles. The molecule has 1 saturated carbocycles. The third kappa shape index (κ3) is 2.09. The lowest BCUT2D eigenvalue weighted by molar-refractivity contribution is 0.123. The Bertz CT molecular complexity index is 614. The number of benzene rings is 1. The summed E-state index contributed by atoms with van der Waals surface area (Å²) in [6, 6.07) is 4.63. The molecule has 2 fully saturated rings. The van der Waals surface area contributed by atoms with E-state index in [0.717, 1.165) is 47.9 Å². The molecule has 0 bridgehead atoms. The summed E-state index contributed by atoms with van der Waals surface area (Å²) < 4.78 is 7.52. The summed E-state index contributed by atoms with van der Waals surface area (Å²) in [5, 5.41) is 6.69. The van der Waals surface area contributed by atoms with Gasteiger partial charge in [0.1, 0.15) is 5.52 Å². The van der Waals surface area contributed by atoms with Gasteiger partial charge in [-0.05, 0) is 25.0 Å². The second-order valence-electron chi connectivity index (χ2n) is 5.30. The lowest BCUT2D eigenvalue weighted by atomic mass is 10.2. The molecule has 0 amide bonds. The average Bonchev–Trinajstić information content (AvgIpc) is 3.19. The molecule has 2 aliphatic rings. The summed E-state index contributed by atoms with van der Waals surface area (Å²) in [5.41, 5.74) is 2.21. The first-order valence-electron chi connectivity index (χ1n) is 6.82. The summed E-state index contributed by atoms with van der Waals surface area (Å²) >= 11 is 6.25. The van der Waals surface area contributed by atoms with Gasteiger partial charge in [0, 0.05) is 29.7 Å². The average molecular weight is 278 g/mol. The molecule has 1 aromatic heterocycles. The van der Waals surface area contributed by atoms with E-state index >= 15 is 0 Å². The number of halogens is 1. The van der Waals surface area contributed by atoms with Crippen molar-refractivity contribution in [2.45, 2.75) is 18.9 Å². The van der Waals surface area contributed by atoms with E-state index in [1.165, 1.54) is 12.8 Å². The van der Waals surface area contributed by atoms with Crippen LogP contribution in [0.15, 0.2) is 18.3 Å². The molecule has 4 nitrogen and oxygen atoms in total. The van der Waals surface area contributed by atoms with Crippen LogP contribution in [0.5, 0.6) is 0 Å². The van der Waals surface area contributed by atoms with Gasteiger partial charge in [0.05, 0.1) is 24.9 Å². The van der Waals surface area contributed by atoms with E-state index in [4.69, 9.17) is 21.4 Å². The Morgan fingerprint density at radius 2 is 2.00 bits per heavy atom. The number of ether oxygens (including phenoxy) is 1. The van der Waals surface area contributed by atoms with E-state index in [1.807, 2.05) is 12.1 Å². The van der Waals surface area contributed by atoms with Gasteiger partial charge in [-0.1, -0.05) is 11.6 Å². The third-order valence-electron chi connectivity index (χ3n) is 3.84. The molecule has 1 aromatic carbocycles. The Balaban J connectivity index is 1.82. The molecular formula is C14H16ClN3O. The molecule has 19 heavy (non-hydrogen) atoms. The van der Waals surface area contributed by atoms with Gasteiger partial charge in [0.25, 0.3) is 0 Å². The van der Waals surface area contributed by atoms with Gasteiger partial charge in [-0.3, -0.25) is 4.68 Å². The fraction of sp³-hybridized carbons (Fsp3) is 0.500. The van der Waals surface area contributed by atoms with Gasteiger partial charge in [-0.25, -0.2) is 0 Å². The Morgan fingerprint density at radius 1 is 1.21 bits per heavy atom. The maximum Gasteiger partial charge on any atom is 0.116 e. The molecule has 0 N–H and O–H groups in total. The quantitative estimate of drug-likeness (QED) is 0.846. The SMILES string of the molecule is Clc1cc(N2CCOCC2)c2nn(C3CC3)cc2c1. The van der Waals surface area contributed by atoms with E-state index in [0.29, 0.717) is 6.04 Å². The van der Waals surface area contributed by atoms with E-state index in [-0.39, 0.29) is 0 Å². The summed E-state index contributed by atoms with van der Waals surface area (Å²) in [4.78, 5) is 2.32. The van der Waals surface area contributed by atoms with Crippen LogP contribution in [-0.4, -0.2) is 36.1 Å². The topological polar surface area (TPSA) is 30.3 Å². The largest absolute Gasteiger partial charge is 0.378 e. The number of anilines is 1. The molecular weight excluding hydrogens is 262 g/mol. The van der Waals surface area contributed by atoms with Gasteiger partial charge < -0.3 is 9.64 Å². The minimum Gasteiger partial charge on any atom is -0.378 e. The van der Waals surface area contributed by atoms with Crippen molar-refractivity contribution in [3.05, 3.63) is 23.4 Å². The Kier molecular flexibility index (Phi) is 2.67. The predicted molar refractivity (Wildman–Crippen MR) is 76.0 cm³/mol. The van der Waals surface area contributed by atoms with E-state index in [2.05, 4.69) is 15.8 Å². The molecule has 2 heterocycles. The Hall–Kier alpha value is -1.26. The fourth-order valence-corrected chi connectivity index (χ4v) is 2.89. The van der Waals surface area contributed by atoms with Crippen molar-refractivity contribution in [3.8, 4) is 0 Å². The van der Waals surface area contributed by atoms with E-state index in [9.17, 15) is 0 Å². The number of hydrogen-bond donors (Lipinski definition) is 0. The lowest BCUT2D eigenvalue weighted by Gasteiger charge is -2.29. The third-order valence-corrected chi connectivity index (χ3v) is 4.06. The van der Waals surface area contributed by atoms with Crippen LogP contribution in [0.25, 0.3) is 10.9 Å². The number of rotatable bonds is 2. The van der Waals surface area contributed by atoms with E-state index in [1.54, 1.807) is 0 Å². The monoisotopic (exact) mass is 277 g/mol. The van der Waals surface area contributed by atoms with Crippen LogP contribution in [0.4, 0.5) is 5.69 Å². The van der Waals surface area contributed by atoms with Crippen molar-refractivity contribution in [1.29, 1.82) is 0 Å². The summed E-state index contributed by atoms with van der Waals surface area (Å²) in [6.07, 6.45) is 4.62. The first kappa shape index (κ1) is 11.6. The van der Waals surface area contributed by atoms with Crippen LogP contribution in [-0.2, 0) is 4.74 Å². The Morgan fingerprint density at radius 3 is 2.74 bits per heavy atom. The number of morpholine rings is 1. The lowest BCUT2D eigenvalue weighted by Crippen LogP contribution is -2.36. The first-order valence-corrected chi connectivity index (χ1v) is 7.20. The second kappa shape index (κ2) is 4.39. The Labute approximate surface area is 116 Å². The second-order valence-corrected chi connectivity index (χ2v) is 5.74. The fourth-order valence-electron chi connectivity index (χ4n) is 2.67. The van der Waals surface area contributed by atoms with Gasteiger partial charge in [-0.2, -0.15) is 5.10 Å².